The summed E-state index contributed by atoms with van der Waals surface area (Å²) >= 11 is 0. The molecule has 0 bridgehead atoms. The maximum absolute atomic E-state index is 12.8. The average Bonchev–Trinajstić information content (AvgIpc) is 3.24. The highest BCUT2D eigenvalue weighted by Crippen LogP contribution is 2.39. The maximum Gasteiger partial charge on any atom is 0.198 e. The van der Waals surface area contributed by atoms with Gasteiger partial charge in [-0.3, -0.25) is 4.79 Å². The third kappa shape index (κ3) is 2.97. The van der Waals surface area contributed by atoms with Crippen molar-refractivity contribution in [3.8, 4) is 11.3 Å². The van der Waals surface area contributed by atoms with Crippen LogP contribution in [0.1, 0.15) is 35.4 Å². The number of para-hydroxylation sites is 1. The van der Waals surface area contributed by atoms with Gasteiger partial charge in [0, 0.05) is 43.8 Å². The first-order chi connectivity index (χ1) is 13.1. The van der Waals surface area contributed by atoms with Crippen LogP contribution in [0.25, 0.3) is 22.2 Å². The second kappa shape index (κ2) is 6.88. The lowest BCUT2D eigenvalue weighted by Gasteiger charge is -2.15. The third-order valence-corrected chi connectivity index (χ3v) is 5.25. The Morgan fingerprint density at radius 2 is 1.74 bits per heavy atom. The summed E-state index contributed by atoms with van der Waals surface area (Å²) in [4.78, 5) is 17.0. The summed E-state index contributed by atoms with van der Waals surface area (Å²) in [5.74, 6) is 0.667. The molecule has 0 unspecified atom stereocenters. The Kier molecular flexibility index (Phi) is 4.40. The molecule has 0 saturated carbocycles. The fourth-order valence-corrected chi connectivity index (χ4v) is 3.97. The zero-order valence-corrected chi connectivity index (χ0v) is 15.9. The molecule has 0 aliphatic heterocycles. The molecule has 136 valence electrons. The van der Waals surface area contributed by atoms with Crippen molar-refractivity contribution in [2.45, 2.75) is 19.3 Å². The minimum Gasteiger partial charge on any atom is -0.343 e. The fraction of sp³-hybridized carbons (Fsp3) is 0.217. The molecule has 0 fully saturated rings. The first kappa shape index (κ1) is 17.3. The van der Waals surface area contributed by atoms with E-state index in [4.69, 9.17) is 0 Å². The minimum absolute atomic E-state index is 0.0712. The largest absolute Gasteiger partial charge is 0.343 e. The van der Waals surface area contributed by atoms with Crippen LogP contribution >= 0.6 is 0 Å². The van der Waals surface area contributed by atoms with Gasteiger partial charge in [0.25, 0.3) is 0 Å². The van der Waals surface area contributed by atoms with Gasteiger partial charge in [-0.1, -0.05) is 55.5 Å². The van der Waals surface area contributed by atoms with Gasteiger partial charge in [-0.2, -0.15) is 0 Å². The zero-order valence-electron chi connectivity index (χ0n) is 15.9. The lowest BCUT2D eigenvalue weighted by atomic mass is 9.90. The van der Waals surface area contributed by atoms with Crippen LogP contribution in [0.4, 0.5) is 0 Å². The number of rotatable bonds is 5. The molecule has 0 radical (unpaired) electrons. The maximum atomic E-state index is 12.8. The van der Waals surface area contributed by atoms with Gasteiger partial charge in [0.1, 0.15) is 0 Å². The Hall–Kier alpha value is -3.14. The van der Waals surface area contributed by atoms with Gasteiger partial charge in [-0.05, 0) is 23.1 Å². The molecule has 27 heavy (non-hydrogen) atoms. The lowest BCUT2D eigenvalue weighted by Crippen LogP contribution is -2.11. The van der Waals surface area contributed by atoms with Crippen LogP contribution in [-0.4, -0.2) is 19.9 Å². The van der Waals surface area contributed by atoms with Crippen molar-refractivity contribution in [3.63, 3.8) is 0 Å². The van der Waals surface area contributed by atoms with E-state index >= 15 is 0 Å². The normalized spacial score (nSPS) is 12.4. The number of fused-ring (bicyclic) bond motifs is 1. The predicted octanol–water partition coefficient (Wildman–Crippen LogP) is 4.96. The van der Waals surface area contributed by atoms with E-state index in [1.165, 1.54) is 27.7 Å². The van der Waals surface area contributed by atoms with Crippen molar-refractivity contribution < 1.29 is 4.79 Å². The number of Topliss-reactive ketones (excluding diaryl/α,β-unsaturated/α-hetero) is 1. The Balaban J connectivity index is 1.83. The second-order valence-corrected chi connectivity index (χ2v) is 7.09. The van der Waals surface area contributed by atoms with E-state index in [0.29, 0.717) is 12.2 Å². The Bertz CT molecular complexity index is 1110. The summed E-state index contributed by atoms with van der Waals surface area (Å²) in [7, 11) is 3.96. The van der Waals surface area contributed by atoms with Gasteiger partial charge in [0.15, 0.2) is 11.6 Å². The van der Waals surface area contributed by atoms with Gasteiger partial charge in [0.05, 0.1) is 5.69 Å². The van der Waals surface area contributed by atoms with Crippen LogP contribution in [0.5, 0.6) is 0 Å². The number of hydrogen-bond donors (Lipinski definition) is 0. The monoisotopic (exact) mass is 357 g/mol. The number of ketones is 1. The molecule has 4 nitrogen and oxygen atoms in total. The Labute approximate surface area is 159 Å². The van der Waals surface area contributed by atoms with Gasteiger partial charge < -0.3 is 9.13 Å². The average molecular weight is 357 g/mol. The summed E-state index contributed by atoms with van der Waals surface area (Å²) in [5, 5.41) is 1.21. The van der Waals surface area contributed by atoms with E-state index in [-0.39, 0.29) is 11.7 Å². The van der Waals surface area contributed by atoms with E-state index in [2.05, 4.69) is 72.1 Å². The van der Waals surface area contributed by atoms with Crippen molar-refractivity contribution in [1.82, 2.24) is 14.1 Å². The molecular weight excluding hydrogens is 334 g/mol. The quantitative estimate of drug-likeness (QED) is 0.474. The molecule has 0 saturated heterocycles. The topological polar surface area (TPSA) is 39.8 Å². The Morgan fingerprint density at radius 1 is 1.04 bits per heavy atom. The number of hydrogen-bond acceptors (Lipinski definition) is 2. The lowest BCUT2D eigenvalue weighted by molar-refractivity contribution is 0.0963. The molecule has 1 atom stereocenters. The standard InChI is InChI=1S/C23H23N3O/c1-16(15-20(27)23-24-13-14-25(23)2)21-18-11-7-8-12-19(18)26(3)22(21)17-9-5-4-6-10-17/h4-14,16H,15H2,1-3H3/t16-/m0/s1. The van der Waals surface area contributed by atoms with Gasteiger partial charge in [-0.25, -0.2) is 4.98 Å². The van der Waals surface area contributed by atoms with Crippen LogP contribution in [0.3, 0.4) is 0 Å². The van der Waals surface area contributed by atoms with Crippen LogP contribution in [0.15, 0.2) is 67.0 Å². The highest BCUT2D eigenvalue weighted by molar-refractivity contribution is 5.96. The van der Waals surface area contributed by atoms with Crippen LogP contribution < -0.4 is 0 Å². The first-order valence-electron chi connectivity index (χ1n) is 9.21. The van der Waals surface area contributed by atoms with Crippen molar-refractivity contribution in [1.29, 1.82) is 0 Å². The van der Waals surface area contributed by atoms with E-state index in [9.17, 15) is 4.79 Å². The number of aromatic nitrogens is 3. The summed E-state index contributed by atoms with van der Waals surface area (Å²) in [6.45, 7) is 2.13. The Morgan fingerprint density at radius 3 is 2.44 bits per heavy atom. The molecule has 0 spiro atoms. The van der Waals surface area contributed by atoms with Crippen molar-refractivity contribution in [2.24, 2.45) is 14.1 Å². The summed E-state index contributed by atoms with van der Waals surface area (Å²) in [5.41, 5.74) is 4.75. The van der Waals surface area contributed by atoms with Gasteiger partial charge in [0.2, 0.25) is 0 Å². The van der Waals surface area contributed by atoms with E-state index in [1.807, 2.05) is 19.3 Å². The summed E-state index contributed by atoms with van der Waals surface area (Å²) in [6, 6.07) is 18.8. The van der Waals surface area contributed by atoms with Gasteiger partial charge >= 0.3 is 0 Å². The summed E-state index contributed by atoms with van der Waals surface area (Å²) < 4.78 is 4.03. The first-order valence-corrected chi connectivity index (χ1v) is 9.21. The van der Waals surface area contributed by atoms with Crippen molar-refractivity contribution in [2.75, 3.05) is 0 Å². The molecule has 0 amide bonds. The number of imidazole rings is 1. The predicted molar refractivity (Wildman–Crippen MR) is 109 cm³/mol. The molecule has 2 aromatic heterocycles. The highest BCUT2D eigenvalue weighted by atomic mass is 16.1. The molecule has 4 aromatic rings. The van der Waals surface area contributed by atoms with Gasteiger partial charge in [-0.15, -0.1) is 0 Å². The molecule has 0 N–H and O–H groups in total. The molecule has 4 rings (SSSR count). The SMILES string of the molecule is C[C@@H](CC(=O)c1nccn1C)c1c(-c2ccccc2)n(C)c2ccccc12. The number of benzene rings is 2. The molecule has 0 aliphatic carbocycles. The molecule has 2 aromatic carbocycles. The number of aryl methyl sites for hydroxylation is 2. The van der Waals surface area contributed by atoms with E-state index in [0.717, 1.165) is 0 Å². The number of nitrogens with zero attached hydrogens (tertiary/aromatic N) is 3. The number of carbonyl (C=O) groups is 1. The summed E-state index contributed by atoms with van der Waals surface area (Å²) in [6.07, 6.45) is 3.91. The molecular formula is C23H23N3O. The van der Waals surface area contributed by atoms with Crippen LogP contribution in [0, 0.1) is 0 Å². The molecule has 0 aliphatic rings. The smallest absolute Gasteiger partial charge is 0.198 e. The van der Waals surface area contributed by atoms with Crippen LogP contribution in [0.2, 0.25) is 0 Å². The third-order valence-electron chi connectivity index (χ3n) is 5.25. The highest BCUT2D eigenvalue weighted by Gasteiger charge is 2.24. The van der Waals surface area contributed by atoms with Crippen molar-refractivity contribution in [3.05, 3.63) is 78.4 Å². The molecule has 4 heteroatoms. The molecule has 2 heterocycles. The fourth-order valence-electron chi connectivity index (χ4n) is 3.97. The second-order valence-electron chi connectivity index (χ2n) is 7.09. The van der Waals surface area contributed by atoms with Crippen molar-refractivity contribution >= 4 is 16.7 Å². The van der Waals surface area contributed by atoms with E-state index in [1.54, 1.807) is 10.8 Å². The minimum atomic E-state index is 0.0712. The van der Waals surface area contributed by atoms with Crippen LogP contribution in [-0.2, 0) is 14.1 Å². The van der Waals surface area contributed by atoms with E-state index < -0.39 is 0 Å². The number of carbonyl (C=O) groups excluding carboxylic acids is 1. The zero-order chi connectivity index (χ0) is 19.0.